The number of carbonyl (C=O) groups is 2. The van der Waals surface area contributed by atoms with Gasteiger partial charge in [0.2, 0.25) is 5.91 Å². The van der Waals surface area contributed by atoms with Gasteiger partial charge in [0.25, 0.3) is 0 Å². The van der Waals surface area contributed by atoms with E-state index in [-0.39, 0.29) is 17.1 Å². The van der Waals surface area contributed by atoms with Crippen LogP contribution in [-0.4, -0.2) is 44.8 Å². The zero-order valence-corrected chi connectivity index (χ0v) is 15.1. The van der Waals surface area contributed by atoms with E-state index in [1.54, 1.807) is 9.58 Å². The fraction of sp³-hybridized carbons (Fsp3) is 0.688. The van der Waals surface area contributed by atoms with Gasteiger partial charge in [0.1, 0.15) is 5.60 Å². The first-order valence-corrected chi connectivity index (χ1v) is 8.95. The number of esters is 1. The summed E-state index contributed by atoms with van der Waals surface area (Å²) < 4.78 is 6.98. The SMILES string of the molecule is Cn1ccc(N2CCC[C@@H](SCCC(=O)OC(C)(C)C)C2=O)n1. The van der Waals surface area contributed by atoms with Crippen LogP contribution in [0.4, 0.5) is 5.82 Å². The van der Waals surface area contributed by atoms with Crippen molar-refractivity contribution in [2.45, 2.75) is 50.9 Å². The van der Waals surface area contributed by atoms with E-state index in [9.17, 15) is 9.59 Å². The molecule has 2 heterocycles. The zero-order chi connectivity index (χ0) is 17.0. The van der Waals surface area contributed by atoms with E-state index in [4.69, 9.17) is 4.74 Å². The standard InChI is InChI=1S/C16H25N3O3S/c1-16(2,3)22-14(20)8-11-23-12-6-5-9-19(15(12)21)13-7-10-18(4)17-13/h7,10,12H,5-6,8-9,11H2,1-4H3/t12-/m1/s1. The Hall–Kier alpha value is -1.50. The summed E-state index contributed by atoms with van der Waals surface area (Å²) in [6, 6.07) is 1.85. The van der Waals surface area contributed by atoms with Crippen molar-refractivity contribution in [2.75, 3.05) is 17.2 Å². The Labute approximate surface area is 141 Å². The zero-order valence-electron chi connectivity index (χ0n) is 14.2. The summed E-state index contributed by atoms with van der Waals surface area (Å²) >= 11 is 1.54. The van der Waals surface area contributed by atoms with Crippen molar-refractivity contribution in [3.63, 3.8) is 0 Å². The van der Waals surface area contributed by atoms with Gasteiger partial charge in [-0.3, -0.25) is 19.2 Å². The highest BCUT2D eigenvalue weighted by Crippen LogP contribution is 2.27. The van der Waals surface area contributed by atoms with E-state index < -0.39 is 5.60 Å². The molecule has 0 bridgehead atoms. The molecule has 0 aliphatic carbocycles. The number of ether oxygens (including phenoxy) is 1. The van der Waals surface area contributed by atoms with E-state index in [0.29, 0.717) is 24.5 Å². The fourth-order valence-electron chi connectivity index (χ4n) is 2.45. The third-order valence-corrected chi connectivity index (χ3v) is 4.69. The Morgan fingerprint density at radius 3 is 2.83 bits per heavy atom. The van der Waals surface area contributed by atoms with Crippen molar-refractivity contribution in [2.24, 2.45) is 7.05 Å². The van der Waals surface area contributed by atoms with Crippen LogP contribution in [0, 0.1) is 0 Å². The van der Waals surface area contributed by atoms with Crippen molar-refractivity contribution in [3.8, 4) is 0 Å². The van der Waals surface area contributed by atoms with Gasteiger partial charge in [-0.2, -0.15) is 5.10 Å². The molecule has 1 atom stereocenters. The van der Waals surface area contributed by atoms with Crippen LogP contribution in [0.2, 0.25) is 0 Å². The van der Waals surface area contributed by atoms with E-state index in [2.05, 4.69) is 5.10 Å². The predicted molar refractivity (Wildman–Crippen MR) is 91.5 cm³/mol. The molecule has 0 N–H and O–H groups in total. The lowest BCUT2D eigenvalue weighted by molar-refractivity contribution is -0.154. The minimum absolute atomic E-state index is 0.0872. The lowest BCUT2D eigenvalue weighted by Gasteiger charge is -2.30. The van der Waals surface area contributed by atoms with Gasteiger partial charge in [-0.15, -0.1) is 11.8 Å². The average Bonchev–Trinajstić information content (AvgIpc) is 2.85. The molecular weight excluding hydrogens is 314 g/mol. The van der Waals surface area contributed by atoms with Crippen molar-refractivity contribution < 1.29 is 14.3 Å². The van der Waals surface area contributed by atoms with Gasteiger partial charge < -0.3 is 4.74 Å². The molecule has 6 nitrogen and oxygen atoms in total. The number of aryl methyl sites for hydroxylation is 1. The molecule has 0 unspecified atom stereocenters. The Kier molecular flexibility index (Phi) is 5.73. The molecule has 0 spiro atoms. The summed E-state index contributed by atoms with van der Waals surface area (Å²) in [6.45, 7) is 6.27. The van der Waals surface area contributed by atoms with Crippen LogP contribution in [0.15, 0.2) is 12.3 Å². The summed E-state index contributed by atoms with van der Waals surface area (Å²) in [5.41, 5.74) is -0.460. The number of carbonyl (C=O) groups excluding carboxylic acids is 2. The second-order valence-corrected chi connectivity index (χ2v) is 7.99. The summed E-state index contributed by atoms with van der Waals surface area (Å²) in [5.74, 6) is 1.18. The largest absolute Gasteiger partial charge is 0.460 e. The van der Waals surface area contributed by atoms with Crippen molar-refractivity contribution in [1.29, 1.82) is 0 Å². The average molecular weight is 339 g/mol. The molecule has 0 aromatic carbocycles. The molecule has 128 valence electrons. The number of hydrogen-bond acceptors (Lipinski definition) is 5. The van der Waals surface area contributed by atoms with E-state index in [0.717, 1.165) is 12.8 Å². The Bertz CT molecular complexity index is 565. The summed E-state index contributed by atoms with van der Waals surface area (Å²) in [5, 5.41) is 4.20. The van der Waals surface area contributed by atoms with Gasteiger partial charge in [-0.05, 0) is 33.6 Å². The highest BCUT2D eigenvalue weighted by Gasteiger charge is 2.31. The number of hydrogen-bond donors (Lipinski definition) is 0. The summed E-state index contributed by atoms with van der Waals surface area (Å²) in [6.07, 6.45) is 3.96. The van der Waals surface area contributed by atoms with E-state index >= 15 is 0 Å². The number of aromatic nitrogens is 2. The number of rotatable bonds is 5. The topological polar surface area (TPSA) is 64.4 Å². The third kappa shape index (κ3) is 5.27. The van der Waals surface area contributed by atoms with Crippen LogP contribution in [-0.2, 0) is 21.4 Å². The van der Waals surface area contributed by atoms with Crippen LogP contribution in [0.25, 0.3) is 0 Å². The predicted octanol–water partition coefficient (Wildman–Crippen LogP) is 2.38. The van der Waals surface area contributed by atoms with Crippen LogP contribution in [0.5, 0.6) is 0 Å². The molecule has 1 aromatic heterocycles. The Balaban J connectivity index is 1.83. The molecule has 1 amide bonds. The van der Waals surface area contributed by atoms with Gasteiger partial charge in [0.15, 0.2) is 5.82 Å². The first-order chi connectivity index (χ1) is 10.8. The molecule has 7 heteroatoms. The van der Waals surface area contributed by atoms with Crippen molar-refractivity contribution in [1.82, 2.24) is 9.78 Å². The van der Waals surface area contributed by atoms with Gasteiger partial charge in [-0.25, -0.2) is 0 Å². The number of piperidine rings is 1. The van der Waals surface area contributed by atoms with Gasteiger partial charge >= 0.3 is 5.97 Å². The maximum atomic E-state index is 12.6. The molecular formula is C16H25N3O3S. The molecule has 1 aromatic rings. The first-order valence-electron chi connectivity index (χ1n) is 7.91. The highest BCUT2D eigenvalue weighted by atomic mass is 32.2. The molecule has 1 aliphatic heterocycles. The van der Waals surface area contributed by atoms with Gasteiger partial charge in [0, 0.05) is 31.6 Å². The highest BCUT2D eigenvalue weighted by molar-refractivity contribution is 8.00. The van der Waals surface area contributed by atoms with Crippen LogP contribution in [0.3, 0.4) is 0 Å². The number of thioether (sulfide) groups is 1. The van der Waals surface area contributed by atoms with Crippen LogP contribution < -0.4 is 4.90 Å². The quantitative estimate of drug-likeness (QED) is 0.771. The maximum absolute atomic E-state index is 12.6. The lowest BCUT2D eigenvalue weighted by Crippen LogP contribution is -2.43. The third-order valence-electron chi connectivity index (χ3n) is 3.41. The monoisotopic (exact) mass is 339 g/mol. The number of amides is 1. The lowest BCUT2D eigenvalue weighted by atomic mass is 10.1. The van der Waals surface area contributed by atoms with Gasteiger partial charge in [0.05, 0.1) is 11.7 Å². The minimum Gasteiger partial charge on any atom is -0.460 e. The Morgan fingerprint density at radius 1 is 1.48 bits per heavy atom. The van der Waals surface area contributed by atoms with Crippen molar-refractivity contribution in [3.05, 3.63) is 12.3 Å². The van der Waals surface area contributed by atoms with Gasteiger partial charge in [-0.1, -0.05) is 0 Å². The normalized spacial score (nSPS) is 19.0. The molecule has 1 fully saturated rings. The number of nitrogens with zero attached hydrogens (tertiary/aromatic N) is 3. The van der Waals surface area contributed by atoms with E-state index in [1.165, 1.54) is 11.8 Å². The molecule has 23 heavy (non-hydrogen) atoms. The second-order valence-electron chi connectivity index (χ2n) is 6.68. The second kappa shape index (κ2) is 7.38. The molecule has 1 saturated heterocycles. The van der Waals surface area contributed by atoms with Crippen LogP contribution in [0.1, 0.15) is 40.0 Å². The smallest absolute Gasteiger partial charge is 0.307 e. The van der Waals surface area contributed by atoms with Crippen molar-refractivity contribution >= 4 is 29.5 Å². The fourth-order valence-corrected chi connectivity index (χ4v) is 3.62. The number of anilines is 1. The van der Waals surface area contributed by atoms with E-state index in [1.807, 2.05) is 40.1 Å². The molecule has 0 radical (unpaired) electrons. The minimum atomic E-state index is -0.460. The summed E-state index contributed by atoms with van der Waals surface area (Å²) in [4.78, 5) is 26.1. The Morgan fingerprint density at radius 2 is 2.22 bits per heavy atom. The molecule has 1 aliphatic rings. The first kappa shape index (κ1) is 17.8. The summed E-state index contributed by atoms with van der Waals surface area (Å²) in [7, 11) is 1.84. The molecule has 2 rings (SSSR count). The molecule has 0 saturated carbocycles. The maximum Gasteiger partial charge on any atom is 0.307 e. The van der Waals surface area contributed by atoms with Crippen LogP contribution >= 0.6 is 11.8 Å².